The van der Waals surface area contributed by atoms with Crippen molar-refractivity contribution < 1.29 is 32.3 Å². The average molecular weight is 680 g/mol. The van der Waals surface area contributed by atoms with Crippen LogP contribution in [0.4, 0.5) is 0 Å². The fraction of sp³-hybridized carbons (Fsp3) is 0.600. The molecule has 48 heavy (non-hydrogen) atoms. The molecule has 2 saturated carbocycles. The van der Waals surface area contributed by atoms with Crippen molar-refractivity contribution in [2.45, 2.75) is 112 Å². The van der Waals surface area contributed by atoms with Gasteiger partial charge in [0.25, 0.3) is 5.91 Å². The Morgan fingerprint density at radius 1 is 1.17 bits per heavy atom. The van der Waals surface area contributed by atoms with Crippen molar-refractivity contribution in [1.82, 2.24) is 19.9 Å². The predicted molar refractivity (Wildman–Crippen MR) is 179 cm³/mol. The van der Waals surface area contributed by atoms with Crippen molar-refractivity contribution in [1.29, 1.82) is 0 Å². The number of benzene rings is 1. The summed E-state index contributed by atoms with van der Waals surface area (Å²) in [6, 6.07) is 3.99. The van der Waals surface area contributed by atoms with Crippen LogP contribution in [0.2, 0.25) is 0 Å². The Bertz CT molecular complexity index is 1820. The number of aryl methyl sites for hydroxylation is 2. The number of nitrogens with one attached hydrogen (secondary N) is 2. The topological polar surface area (TPSA) is 170 Å². The van der Waals surface area contributed by atoms with Gasteiger partial charge in [0.1, 0.15) is 28.7 Å². The average Bonchev–Trinajstić information content (AvgIpc) is 3.95. The Labute approximate surface area is 281 Å². The van der Waals surface area contributed by atoms with Crippen LogP contribution in [0.25, 0.3) is 10.9 Å². The molecule has 1 aromatic heterocycles. The summed E-state index contributed by atoms with van der Waals surface area (Å²) in [7, 11) is -2.31. The lowest BCUT2D eigenvalue weighted by Gasteiger charge is -2.36. The van der Waals surface area contributed by atoms with E-state index >= 15 is 0 Å². The number of sulfonamides is 1. The van der Waals surface area contributed by atoms with Crippen molar-refractivity contribution in [3.63, 3.8) is 0 Å². The number of ether oxygens (including phenoxy) is 2. The highest BCUT2D eigenvalue weighted by Crippen LogP contribution is 2.49. The van der Waals surface area contributed by atoms with E-state index in [0.717, 1.165) is 42.1 Å². The minimum atomic E-state index is -3.93. The summed E-state index contributed by atoms with van der Waals surface area (Å²) >= 11 is 0. The third kappa shape index (κ3) is 5.62. The second kappa shape index (κ2) is 11.7. The molecule has 12 nitrogen and oxygen atoms in total. The molecular formula is C35H45N5O7S. The van der Waals surface area contributed by atoms with Crippen LogP contribution in [0.5, 0.6) is 11.5 Å². The summed E-state index contributed by atoms with van der Waals surface area (Å²) in [5, 5.41) is 3.88. The summed E-state index contributed by atoms with van der Waals surface area (Å²) in [5.74, 6) is -0.601. The van der Waals surface area contributed by atoms with Crippen LogP contribution >= 0.6 is 0 Å². The van der Waals surface area contributed by atoms with Gasteiger partial charge in [0.15, 0.2) is 0 Å². The molecule has 3 amide bonds. The van der Waals surface area contributed by atoms with Gasteiger partial charge in [0.2, 0.25) is 21.8 Å². The number of pyridine rings is 1. The molecule has 0 bridgehead atoms. The first-order chi connectivity index (χ1) is 22.8. The second-order valence-corrected chi connectivity index (χ2v) is 16.9. The molecule has 3 fully saturated rings. The molecule has 1 spiro atoms. The van der Waals surface area contributed by atoms with Gasteiger partial charge in [0.05, 0.1) is 35.7 Å². The molecule has 1 aromatic carbocycles. The maximum atomic E-state index is 14.3. The number of aromatic nitrogens is 1. The molecule has 7 rings (SSSR count). The van der Waals surface area contributed by atoms with E-state index in [9.17, 15) is 22.8 Å². The van der Waals surface area contributed by atoms with E-state index in [-0.39, 0.29) is 31.2 Å². The Morgan fingerprint density at radius 3 is 2.71 bits per heavy atom. The van der Waals surface area contributed by atoms with E-state index < -0.39 is 49.8 Å². The molecule has 5 atom stereocenters. The van der Waals surface area contributed by atoms with Crippen molar-refractivity contribution in [3.8, 4) is 11.5 Å². The number of nitrogens with two attached hydrogens (primary N) is 1. The minimum Gasteiger partial charge on any atom is -0.497 e. The van der Waals surface area contributed by atoms with Gasteiger partial charge >= 0.3 is 0 Å². The second-order valence-electron chi connectivity index (χ2n) is 14.7. The van der Waals surface area contributed by atoms with Gasteiger partial charge in [-0.3, -0.25) is 19.1 Å². The number of amides is 3. The van der Waals surface area contributed by atoms with Crippen LogP contribution in [-0.4, -0.2) is 77.6 Å². The van der Waals surface area contributed by atoms with Crippen molar-refractivity contribution in [2.24, 2.45) is 11.7 Å². The van der Waals surface area contributed by atoms with Crippen LogP contribution in [0.15, 0.2) is 30.4 Å². The molecule has 2 aromatic rings. The zero-order valence-electron chi connectivity index (χ0n) is 27.8. The summed E-state index contributed by atoms with van der Waals surface area (Å²) in [6.07, 6.45) is 10.3. The smallest absolute Gasteiger partial charge is 0.259 e. The normalized spacial score (nSPS) is 31.4. The number of hydrogen-bond donors (Lipinski definition) is 3. The first kappa shape index (κ1) is 32.8. The molecular weight excluding hydrogens is 634 g/mol. The molecule has 2 aliphatic carbocycles. The third-order valence-electron chi connectivity index (χ3n) is 11.2. The zero-order chi connectivity index (χ0) is 34.1. The van der Waals surface area contributed by atoms with Crippen molar-refractivity contribution in [2.75, 3.05) is 13.7 Å². The summed E-state index contributed by atoms with van der Waals surface area (Å²) < 4.78 is 39.7. The van der Waals surface area contributed by atoms with Gasteiger partial charge in [-0.2, -0.15) is 0 Å². The number of carbonyl (C=O) groups excluding carboxylic acids is 3. The molecule has 3 aliphatic heterocycles. The summed E-state index contributed by atoms with van der Waals surface area (Å²) in [4.78, 5) is 48.3. The number of rotatable bonds is 4. The van der Waals surface area contributed by atoms with Crippen LogP contribution in [0.3, 0.4) is 0 Å². The maximum Gasteiger partial charge on any atom is 0.259 e. The van der Waals surface area contributed by atoms with Crippen LogP contribution < -0.4 is 25.2 Å². The lowest BCUT2D eigenvalue weighted by Crippen LogP contribution is -2.58. The minimum absolute atomic E-state index is 0.155. The summed E-state index contributed by atoms with van der Waals surface area (Å²) in [5.41, 5.74) is 6.71. The lowest BCUT2D eigenvalue weighted by atomic mass is 9.87. The molecule has 1 saturated heterocycles. The largest absolute Gasteiger partial charge is 0.497 e. The highest BCUT2D eigenvalue weighted by Gasteiger charge is 2.63. The maximum absolute atomic E-state index is 14.3. The van der Waals surface area contributed by atoms with Gasteiger partial charge in [0, 0.05) is 23.3 Å². The SMILES string of the molecule is COc1ccc2nc(C)c3c(c2c1)CC[C@]1(C[C@H]2C(=O)N[C@]4(C(=O)NS(=O)(=O)C5(C)CC5)C[C@H]4C=CCCCCC[C@H](N)C(=O)N2C1)O3. The highest BCUT2D eigenvalue weighted by atomic mass is 32.2. The number of fused-ring (bicyclic) bond motifs is 5. The summed E-state index contributed by atoms with van der Waals surface area (Å²) in [6.45, 7) is 3.66. The third-order valence-corrected chi connectivity index (χ3v) is 13.4. The monoisotopic (exact) mass is 679 g/mol. The number of allylic oxidation sites excluding steroid dienone is 1. The van der Waals surface area contributed by atoms with E-state index in [1.54, 1.807) is 14.0 Å². The van der Waals surface area contributed by atoms with E-state index in [1.165, 1.54) is 4.90 Å². The fourth-order valence-electron chi connectivity index (χ4n) is 7.69. The Hall–Kier alpha value is -3.71. The van der Waals surface area contributed by atoms with Crippen molar-refractivity contribution >= 4 is 38.6 Å². The van der Waals surface area contributed by atoms with Crippen LogP contribution in [0, 0.1) is 12.8 Å². The molecule has 4 N–H and O–H groups in total. The molecule has 5 aliphatic rings. The number of methoxy groups -OCH3 is 1. The van der Waals surface area contributed by atoms with Gasteiger partial charge in [-0.1, -0.05) is 25.0 Å². The highest BCUT2D eigenvalue weighted by molar-refractivity contribution is 7.91. The molecule has 0 unspecified atom stereocenters. The van der Waals surface area contributed by atoms with Crippen molar-refractivity contribution in [3.05, 3.63) is 41.6 Å². The van der Waals surface area contributed by atoms with Crippen LogP contribution in [-0.2, 0) is 30.8 Å². The molecule has 13 heteroatoms. The van der Waals surface area contributed by atoms with E-state index in [4.69, 9.17) is 20.2 Å². The Kier molecular flexibility index (Phi) is 8.01. The van der Waals surface area contributed by atoms with E-state index in [2.05, 4.69) is 10.0 Å². The van der Waals surface area contributed by atoms with Gasteiger partial charge < -0.3 is 25.4 Å². The molecule has 258 valence electrons. The van der Waals surface area contributed by atoms with Gasteiger partial charge in [-0.15, -0.1) is 0 Å². The Balaban J connectivity index is 1.21. The fourth-order valence-corrected chi connectivity index (χ4v) is 9.00. The Morgan fingerprint density at radius 2 is 1.96 bits per heavy atom. The van der Waals surface area contributed by atoms with E-state index in [0.29, 0.717) is 49.3 Å². The van der Waals surface area contributed by atoms with Gasteiger partial charge in [-0.05, 0) is 83.4 Å². The quantitative estimate of drug-likeness (QED) is 0.411. The standard InChI is InChI=1S/C35H45N5O7S/c1-21-29-24(25-17-23(46-3)11-12-27(25)37-21)13-14-34(47-29)19-28-30(41)38-35(32(43)39-48(44,45)33(2)15-16-33)18-22(35)9-7-5-4-6-8-10-26(36)31(42)40(28)20-34/h7,9,11-12,17,22,26,28H,4-6,8,10,13-16,18-20,36H2,1-3H3,(H,38,41)(H,39,43)/t22-,26+,28+,34-,35-/m1/s1. The predicted octanol–water partition coefficient (Wildman–Crippen LogP) is 2.94. The zero-order valence-corrected chi connectivity index (χ0v) is 28.7. The number of carbonyl (C=O) groups is 3. The van der Waals surface area contributed by atoms with Gasteiger partial charge in [-0.25, -0.2) is 13.4 Å². The number of nitrogens with zero attached hydrogens (tertiary/aromatic N) is 2. The van der Waals surface area contributed by atoms with E-state index in [1.807, 2.05) is 37.3 Å². The first-order valence-electron chi connectivity index (χ1n) is 17.1. The lowest BCUT2D eigenvalue weighted by molar-refractivity contribution is -0.140. The number of hydrogen-bond acceptors (Lipinski definition) is 9. The first-order valence-corrected chi connectivity index (χ1v) is 18.6. The van der Waals surface area contributed by atoms with Crippen LogP contribution in [0.1, 0.15) is 82.4 Å². The molecule has 4 heterocycles. The molecule has 0 radical (unpaired) electrons.